The number of aliphatic hydroxyl groups is 2. The Labute approximate surface area is 90.9 Å². The SMILES string of the molecule is CC(C)OP(=O)(C[C@H](O)CO)OC(C)C. The molecule has 92 valence electrons. The third kappa shape index (κ3) is 7.03. The van der Waals surface area contributed by atoms with Crippen LogP contribution in [-0.2, 0) is 13.6 Å². The van der Waals surface area contributed by atoms with Crippen LogP contribution >= 0.6 is 7.60 Å². The van der Waals surface area contributed by atoms with E-state index >= 15 is 0 Å². The van der Waals surface area contributed by atoms with Crippen molar-refractivity contribution in [1.82, 2.24) is 0 Å². The molecule has 0 rings (SSSR count). The molecular formula is C9H21O5P. The molecule has 0 spiro atoms. The fraction of sp³-hybridized carbons (Fsp3) is 1.00. The van der Waals surface area contributed by atoms with E-state index in [1.54, 1.807) is 27.7 Å². The van der Waals surface area contributed by atoms with Crippen molar-refractivity contribution < 1.29 is 23.8 Å². The molecule has 0 aliphatic heterocycles. The normalized spacial score (nSPS) is 14.9. The summed E-state index contributed by atoms with van der Waals surface area (Å²) >= 11 is 0. The first-order valence-corrected chi connectivity index (χ1v) is 6.76. The lowest BCUT2D eigenvalue weighted by Gasteiger charge is -2.24. The van der Waals surface area contributed by atoms with E-state index in [9.17, 15) is 9.67 Å². The van der Waals surface area contributed by atoms with Gasteiger partial charge in [-0.25, -0.2) is 0 Å². The highest BCUT2D eigenvalue weighted by atomic mass is 31.2. The summed E-state index contributed by atoms with van der Waals surface area (Å²) in [6, 6.07) is 0. The van der Waals surface area contributed by atoms with Gasteiger partial charge in [0.15, 0.2) is 0 Å². The molecule has 1 atom stereocenters. The summed E-state index contributed by atoms with van der Waals surface area (Å²) in [6.07, 6.45) is -1.76. The Morgan fingerprint density at radius 1 is 1.13 bits per heavy atom. The highest BCUT2D eigenvalue weighted by molar-refractivity contribution is 7.53. The molecule has 0 aliphatic rings. The minimum absolute atomic E-state index is 0.181. The third-order valence-electron chi connectivity index (χ3n) is 1.39. The third-order valence-corrected chi connectivity index (χ3v) is 3.74. The first kappa shape index (κ1) is 15.1. The number of rotatable bonds is 7. The molecule has 5 nitrogen and oxygen atoms in total. The van der Waals surface area contributed by atoms with Crippen molar-refractivity contribution in [2.45, 2.75) is 46.0 Å². The fourth-order valence-electron chi connectivity index (χ4n) is 1.07. The van der Waals surface area contributed by atoms with Crippen LogP contribution in [0.3, 0.4) is 0 Å². The smallest absolute Gasteiger partial charge is 0.333 e. The molecule has 0 saturated carbocycles. The second-order valence-corrected chi connectivity index (χ2v) is 5.95. The van der Waals surface area contributed by atoms with Gasteiger partial charge in [-0.05, 0) is 27.7 Å². The lowest BCUT2D eigenvalue weighted by Crippen LogP contribution is -2.21. The maximum atomic E-state index is 12.1. The lowest BCUT2D eigenvalue weighted by atomic mass is 10.4. The molecule has 0 fully saturated rings. The van der Waals surface area contributed by atoms with Gasteiger partial charge in [0, 0.05) is 0 Å². The standard InChI is InChI=1S/C9H21O5P/c1-7(2)13-15(12,14-8(3)4)6-9(11)5-10/h7-11H,5-6H2,1-4H3/t9-/m1/s1. The minimum Gasteiger partial charge on any atom is -0.394 e. The summed E-state index contributed by atoms with van der Waals surface area (Å²) in [6.45, 7) is 6.50. The van der Waals surface area contributed by atoms with E-state index in [-0.39, 0.29) is 18.4 Å². The molecule has 0 aromatic heterocycles. The van der Waals surface area contributed by atoms with Crippen molar-refractivity contribution >= 4 is 7.60 Å². The lowest BCUT2D eigenvalue weighted by molar-refractivity contribution is 0.0920. The molecule has 0 amide bonds. The molecule has 0 bridgehead atoms. The van der Waals surface area contributed by atoms with Crippen LogP contribution in [0.2, 0.25) is 0 Å². The van der Waals surface area contributed by atoms with Gasteiger partial charge in [0.2, 0.25) is 0 Å². The molecule has 0 aliphatic carbocycles. The van der Waals surface area contributed by atoms with Gasteiger partial charge in [-0.15, -0.1) is 0 Å². The van der Waals surface area contributed by atoms with Gasteiger partial charge >= 0.3 is 7.60 Å². The molecule has 0 heterocycles. The van der Waals surface area contributed by atoms with E-state index in [0.29, 0.717) is 0 Å². The van der Waals surface area contributed by atoms with Gasteiger partial charge in [0.05, 0.1) is 31.1 Å². The summed E-state index contributed by atoms with van der Waals surface area (Å²) in [7, 11) is -3.31. The van der Waals surface area contributed by atoms with Crippen LogP contribution in [0.15, 0.2) is 0 Å². The Bertz CT molecular complexity index is 203. The van der Waals surface area contributed by atoms with Crippen molar-refractivity contribution in [3.05, 3.63) is 0 Å². The average molecular weight is 240 g/mol. The van der Waals surface area contributed by atoms with Crippen LogP contribution in [0.25, 0.3) is 0 Å². The van der Waals surface area contributed by atoms with Crippen LogP contribution in [0.1, 0.15) is 27.7 Å². The van der Waals surface area contributed by atoms with Crippen molar-refractivity contribution in [2.24, 2.45) is 0 Å². The maximum Gasteiger partial charge on any atom is 0.333 e. The van der Waals surface area contributed by atoms with Gasteiger partial charge < -0.3 is 19.3 Å². The topological polar surface area (TPSA) is 76.0 Å². The predicted molar refractivity (Wildman–Crippen MR) is 58.0 cm³/mol. The molecule has 0 unspecified atom stereocenters. The minimum atomic E-state index is -3.31. The molecule has 0 saturated heterocycles. The second kappa shape index (κ2) is 6.61. The average Bonchev–Trinajstić information content (AvgIpc) is 1.99. The number of hydrogen-bond donors (Lipinski definition) is 2. The Kier molecular flexibility index (Phi) is 6.64. The van der Waals surface area contributed by atoms with Crippen molar-refractivity contribution in [3.8, 4) is 0 Å². The first-order valence-electron chi connectivity index (χ1n) is 5.04. The Balaban J connectivity index is 4.47. The molecule has 0 radical (unpaired) electrons. The zero-order chi connectivity index (χ0) is 12.1. The van der Waals surface area contributed by atoms with Crippen LogP contribution in [0.5, 0.6) is 0 Å². The van der Waals surface area contributed by atoms with Gasteiger partial charge in [-0.2, -0.15) is 0 Å². The van der Waals surface area contributed by atoms with Gasteiger partial charge in [-0.1, -0.05) is 0 Å². The Hall–Kier alpha value is 0.0700. The van der Waals surface area contributed by atoms with E-state index in [0.717, 1.165) is 0 Å². The van der Waals surface area contributed by atoms with Crippen molar-refractivity contribution in [3.63, 3.8) is 0 Å². The van der Waals surface area contributed by atoms with E-state index in [2.05, 4.69) is 0 Å². The van der Waals surface area contributed by atoms with Gasteiger partial charge in [-0.3, -0.25) is 4.57 Å². The Morgan fingerprint density at radius 3 is 1.80 bits per heavy atom. The summed E-state index contributed by atoms with van der Waals surface area (Å²) in [4.78, 5) is 0. The van der Waals surface area contributed by atoms with Crippen LogP contribution < -0.4 is 0 Å². The summed E-state index contributed by atoms with van der Waals surface area (Å²) in [5.74, 6) is 0. The van der Waals surface area contributed by atoms with E-state index in [4.69, 9.17) is 14.2 Å². The molecule has 0 aromatic carbocycles. The number of hydrogen-bond acceptors (Lipinski definition) is 5. The first-order chi connectivity index (χ1) is 6.79. The van der Waals surface area contributed by atoms with E-state index < -0.39 is 20.3 Å². The zero-order valence-corrected chi connectivity index (χ0v) is 10.6. The van der Waals surface area contributed by atoms with E-state index in [1.165, 1.54) is 0 Å². The quantitative estimate of drug-likeness (QED) is 0.657. The fourth-order valence-corrected chi connectivity index (χ4v) is 3.21. The summed E-state index contributed by atoms with van der Waals surface area (Å²) < 4.78 is 22.5. The second-order valence-electron chi connectivity index (χ2n) is 3.94. The largest absolute Gasteiger partial charge is 0.394 e. The van der Waals surface area contributed by atoms with Crippen LogP contribution in [0.4, 0.5) is 0 Å². The van der Waals surface area contributed by atoms with Crippen molar-refractivity contribution in [1.29, 1.82) is 0 Å². The van der Waals surface area contributed by atoms with Gasteiger partial charge in [0.25, 0.3) is 0 Å². The molecule has 15 heavy (non-hydrogen) atoms. The van der Waals surface area contributed by atoms with Gasteiger partial charge in [0.1, 0.15) is 0 Å². The number of aliphatic hydroxyl groups excluding tert-OH is 2. The highest BCUT2D eigenvalue weighted by Crippen LogP contribution is 2.50. The Morgan fingerprint density at radius 2 is 1.53 bits per heavy atom. The van der Waals surface area contributed by atoms with Crippen molar-refractivity contribution in [2.75, 3.05) is 12.8 Å². The molecular weight excluding hydrogens is 219 g/mol. The van der Waals surface area contributed by atoms with Crippen LogP contribution in [-0.4, -0.2) is 41.3 Å². The molecule has 0 aromatic rings. The predicted octanol–water partition coefficient (Wildman–Crippen LogP) is 1.38. The summed E-state index contributed by atoms with van der Waals surface area (Å²) in [5.41, 5.74) is 0. The monoisotopic (exact) mass is 240 g/mol. The maximum absolute atomic E-state index is 12.1. The van der Waals surface area contributed by atoms with E-state index in [1.807, 2.05) is 0 Å². The zero-order valence-electron chi connectivity index (χ0n) is 9.71. The molecule has 6 heteroatoms. The van der Waals surface area contributed by atoms with Crippen LogP contribution in [0, 0.1) is 0 Å². The summed E-state index contributed by atoms with van der Waals surface area (Å²) in [5, 5.41) is 17.9. The molecule has 2 N–H and O–H groups in total. The highest BCUT2D eigenvalue weighted by Gasteiger charge is 2.30.